The van der Waals surface area contributed by atoms with Crippen LogP contribution in [0.25, 0.3) is 0 Å². The van der Waals surface area contributed by atoms with E-state index in [1.54, 1.807) is 12.4 Å². The molecule has 0 fully saturated rings. The standard InChI is InChI=1S/C13H13BrN2O/c14-11-6-12(9-16-8-11)17-13(7-15)10-4-2-1-3-5-10/h1-6,8-9,13H,7,15H2. The summed E-state index contributed by atoms with van der Waals surface area (Å²) in [7, 11) is 0. The number of hydrogen-bond donors (Lipinski definition) is 1. The van der Waals surface area contributed by atoms with Crippen LogP contribution < -0.4 is 10.5 Å². The van der Waals surface area contributed by atoms with Gasteiger partial charge in [-0.3, -0.25) is 4.98 Å². The molecule has 0 aliphatic carbocycles. The van der Waals surface area contributed by atoms with Gasteiger partial charge in [-0.25, -0.2) is 0 Å². The minimum Gasteiger partial charge on any atom is -0.483 e. The van der Waals surface area contributed by atoms with E-state index >= 15 is 0 Å². The van der Waals surface area contributed by atoms with Gasteiger partial charge in [0.2, 0.25) is 0 Å². The van der Waals surface area contributed by atoms with Gasteiger partial charge in [-0.2, -0.15) is 0 Å². The van der Waals surface area contributed by atoms with Crippen LogP contribution in [-0.2, 0) is 0 Å². The van der Waals surface area contributed by atoms with Crippen LogP contribution in [0.3, 0.4) is 0 Å². The molecule has 1 unspecified atom stereocenters. The summed E-state index contributed by atoms with van der Waals surface area (Å²) in [5.41, 5.74) is 6.80. The van der Waals surface area contributed by atoms with E-state index in [9.17, 15) is 0 Å². The Bertz CT molecular complexity index is 476. The quantitative estimate of drug-likeness (QED) is 0.943. The Morgan fingerprint density at radius 2 is 2.00 bits per heavy atom. The maximum atomic E-state index is 5.81. The number of nitrogens with zero attached hydrogens (tertiary/aromatic N) is 1. The first-order valence-corrected chi connectivity index (χ1v) is 6.11. The van der Waals surface area contributed by atoms with Gasteiger partial charge in [-0.05, 0) is 27.6 Å². The van der Waals surface area contributed by atoms with Gasteiger partial charge in [0, 0.05) is 17.2 Å². The summed E-state index contributed by atoms with van der Waals surface area (Å²) in [5, 5.41) is 0. The number of aromatic nitrogens is 1. The first-order valence-electron chi connectivity index (χ1n) is 5.32. The van der Waals surface area contributed by atoms with Gasteiger partial charge >= 0.3 is 0 Å². The lowest BCUT2D eigenvalue weighted by molar-refractivity contribution is 0.213. The van der Waals surface area contributed by atoms with Crippen molar-refractivity contribution in [3.63, 3.8) is 0 Å². The summed E-state index contributed by atoms with van der Waals surface area (Å²) in [6.07, 6.45) is 3.25. The maximum absolute atomic E-state index is 5.81. The first-order chi connectivity index (χ1) is 8.29. The summed E-state index contributed by atoms with van der Waals surface area (Å²) in [6, 6.07) is 11.8. The number of benzene rings is 1. The minimum absolute atomic E-state index is 0.146. The molecule has 0 radical (unpaired) electrons. The first kappa shape index (κ1) is 12.1. The van der Waals surface area contributed by atoms with E-state index in [-0.39, 0.29) is 6.10 Å². The van der Waals surface area contributed by atoms with Crippen molar-refractivity contribution in [2.75, 3.05) is 6.54 Å². The van der Waals surface area contributed by atoms with E-state index in [4.69, 9.17) is 10.5 Å². The van der Waals surface area contributed by atoms with Gasteiger partial charge in [0.25, 0.3) is 0 Å². The molecule has 4 heteroatoms. The Morgan fingerprint density at radius 1 is 1.24 bits per heavy atom. The number of rotatable bonds is 4. The van der Waals surface area contributed by atoms with E-state index in [2.05, 4.69) is 20.9 Å². The lowest BCUT2D eigenvalue weighted by atomic mass is 10.1. The fourth-order valence-electron chi connectivity index (χ4n) is 1.54. The second kappa shape index (κ2) is 5.80. The van der Waals surface area contributed by atoms with Crippen molar-refractivity contribution in [2.24, 2.45) is 5.73 Å². The van der Waals surface area contributed by atoms with Gasteiger partial charge in [-0.1, -0.05) is 30.3 Å². The average molecular weight is 293 g/mol. The summed E-state index contributed by atoms with van der Waals surface area (Å²) in [4.78, 5) is 4.05. The molecule has 0 aliphatic heterocycles. The van der Waals surface area contributed by atoms with Crippen molar-refractivity contribution in [1.29, 1.82) is 0 Å². The molecule has 1 aromatic carbocycles. The molecule has 3 nitrogen and oxygen atoms in total. The third-order valence-corrected chi connectivity index (χ3v) is 2.78. The zero-order chi connectivity index (χ0) is 12.1. The molecule has 2 aromatic rings. The highest BCUT2D eigenvalue weighted by molar-refractivity contribution is 9.10. The zero-order valence-corrected chi connectivity index (χ0v) is 10.8. The summed E-state index contributed by atoms with van der Waals surface area (Å²) in [6.45, 7) is 0.427. The highest BCUT2D eigenvalue weighted by atomic mass is 79.9. The largest absolute Gasteiger partial charge is 0.483 e. The highest BCUT2D eigenvalue weighted by Gasteiger charge is 2.11. The van der Waals surface area contributed by atoms with Gasteiger partial charge in [-0.15, -0.1) is 0 Å². The van der Waals surface area contributed by atoms with Gasteiger partial charge < -0.3 is 10.5 Å². The summed E-state index contributed by atoms with van der Waals surface area (Å²) < 4.78 is 6.70. The molecule has 2 rings (SSSR count). The average Bonchev–Trinajstić information content (AvgIpc) is 2.37. The molecule has 1 aromatic heterocycles. The van der Waals surface area contributed by atoms with Gasteiger partial charge in [0.15, 0.2) is 0 Å². The lowest BCUT2D eigenvalue weighted by Gasteiger charge is -2.17. The third-order valence-electron chi connectivity index (χ3n) is 2.34. The Hall–Kier alpha value is -1.39. The van der Waals surface area contributed by atoms with E-state index in [1.807, 2.05) is 36.4 Å². The number of nitrogens with two attached hydrogens (primary N) is 1. The van der Waals surface area contributed by atoms with Crippen LogP contribution >= 0.6 is 15.9 Å². The minimum atomic E-state index is -0.146. The molecule has 88 valence electrons. The maximum Gasteiger partial charge on any atom is 0.139 e. The van der Waals surface area contributed by atoms with Crippen molar-refractivity contribution in [3.8, 4) is 5.75 Å². The van der Waals surface area contributed by atoms with Crippen molar-refractivity contribution >= 4 is 15.9 Å². The van der Waals surface area contributed by atoms with E-state index in [0.717, 1.165) is 10.0 Å². The molecule has 0 aliphatic rings. The van der Waals surface area contributed by atoms with Gasteiger partial charge in [0.05, 0.1) is 6.20 Å². The van der Waals surface area contributed by atoms with Crippen LogP contribution in [0.2, 0.25) is 0 Å². The van der Waals surface area contributed by atoms with E-state index < -0.39 is 0 Å². The van der Waals surface area contributed by atoms with Crippen LogP contribution in [-0.4, -0.2) is 11.5 Å². The second-order valence-electron chi connectivity index (χ2n) is 3.59. The Morgan fingerprint density at radius 3 is 2.65 bits per heavy atom. The highest BCUT2D eigenvalue weighted by Crippen LogP contribution is 2.22. The fourth-order valence-corrected chi connectivity index (χ4v) is 1.88. The van der Waals surface area contributed by atoms with Crippen molar-refractivity contribution in [1.82, 2.24) is 4.98 Å². The molecule has 0 bridgehead atoms. The topological polar surface area (TPSA) is 48.1 Å². The number of hydrogen-bond acceptors (Lipinski definition) is 3. The lowest BCUT2D eigenvalue weighted by Crippen LogP contribution is -2.18. The summed E-state index contributed by atoms with van der Waals surface area (Å²) >= 11 is 3.36. The smallest absolute Gasteiger partial charge is 0.139 e. The summed E-state index contributed by atoms with van der Waals surface area (Å²) in [5.74, 6) is 0.707. The van der Waals surface area contributed by atoms with Crippen LogP contribution in [0.1, 0.15) is 11.7 Å². The Labute approximate surface area is 109 Å². The molecule has 0 spiro atoms. The van der Waals surface area contributed by atoms with Crippen LogP contribution in [0.5, 0.6) is 5.75 Å². The molecular weight excluding hydrogens is 280 g/mol. The number of halogens is 1. The SMILES string of the molecule is NCC(Oc1cncc(Br)c1)c1ccccc1. The molecule has 0 saturated heterocycles. The monoisotopic (exact) mass is 292 g/mol. The van der Waals surface area contributed by atoms with Crippen LogP contribution in [0.4, 0.5) is 0 Å². The van der Waals surface area contributed by atoms with E-state index in [1.165, 1.54) is 0 Å². The predicted molar refractivity (Wildman–Crippen MR) is 70.8 cm³/mol. The predicted octanol–water partition coefficient (Wildman–Crippen LogP) is 2.92. The Kier molecular flexibility index (Phi) is 4.12. The van der Waals surface area contributed by atoms with Crippen LogP contribution in [0, 0.1) is 0 Å². The fraction of sp³-hybridized carbons (Fsp3) is 0.154. The molecule has 1 atom stereocenters. The van der Waals surface area contributed by atoms with Gasteiger partial charge in [0.1, 0.15) is 11.9 Å². The van der Waals surface area contributed by atoms with Crippen LogP contribution in [0.15, 0.2) is 53.3 Å². The normalized spacial score (nSPS) is 12.1. The molecule has 1 heterocycles. The third kappa shape index (κ3) is 3.28. The van der Waals surface area contributed by atoms with Crippen molar-refractivity contribution in [3.05, 3.63) is 58.8 Å². The zero-order valence-electron chi connectivity index (χ0n) is 9.21. The molecule has 0 amide bonds. The number of ether oxygens (including phenoxy) is 1. The Balaban J connectivity index is 2.16. The molecule has 2 N–H and O–H groups in total. The molecule has 0 saturated carbocycles. The number of pyridine rings is 1. The molecular formula is C13H13BrN2O. The van der Waals surface area contributed by atoms with E-state index in [0.29, 0.717) is 12.3 Å². The van der Waals surface area contributed by atoms with Crippen molar-refractivity contribution < 1.29 is 4.74 Å². The van der Waals surface area contributed by atoms with Crippen molar-refractivity contribution in [2.45, 2.75) is 6.10 Å². The second-order valence-corrected chi connectivity index (χ2v) is 4.51. The molecule has 17 heavy (non-hydrogen) atoms.